The fraction of sp³-hybridized carbons (Fsp3) is 0.333. The first-order chi connectivity index (χ1) is 11.9. The molecule has 4 nitrogen and oxygen atoms in total. The van der Waals surface area contributed by atoms with Crippen molar-refractivity contribution in [2.45, 2.75) is 12.1 Å². The van der Waals surface area contributed by atoms with E-state index in [1.807, 2.05) is 30.3 Å². The normalized spacial score (nSPS) is 19.2. The Morgan fingerprint density at radius 1 is 1.11 bits per heavy atom. The fourth-order valence-corrected chi connectivity index (χ4v) is 3.20. The molecule has 9 heteroatoms. The summed E-state index contributed by atoms with van der Waals surface area (Å²) in [5.41, 5.74) is 6.10. The van der Waals surface area contributed by atoms with Crippen molar-refractivity contribution in [3.63, 3.8) is 0 Å². The first-order valence-electron chi connectivity index (χ1n) is 7.97. The SMILES string of the molecule is Cl.Cl.NC[C@@H]1CN(C(=O)c2ccc(C(F)(F)F)cn2)C[C@H]1c1ccccc1. The third-order valence-electron chi connectivity index (χ3n) is 4.57. The quantitative estimate of drug-likeness (QED) is 0.820. The maximum atomic E-state index is 12.6. The third-order valence-corrected chi connectivity index (χ3v) is 4.57. The van der Waals surface area contributed by atoms with Crippen molar-refractivity contribution < 1.29 is 18.0 Å². The number of carbonyl (C=O) groups excluding carboxylic acids is 1. The summed E-state index contributed by atoms with van der Waals surface area (Å²) < 4.78 is 37.8. The summed E-state index contributed by atoms with van der Waals surface area (Å²) in [4.78, 5) is 17.9. The zero-order chi connectivity index (χ0) is 18.0. The minimum Gasteiger partial charge on any atom is -0.336 e. The van der Waals surface area contributed by atoms with E-state index in [4.69, 9.17) is 5.73 Å². The Hall–Kier alpha value is -1.83. The van der Waals surface area contributed by atoms with E-state index in [1.165, 1.54) is 0 Å². The minimum atomic E-state index is -4.47. The molecule has 0 aliphatic carbocycles. The standard InChI is InChI=1S/C18H18F3N3O.2ClH/c19-18(20,21)14-6-7-16(23-9-14)17(25)24-10-13(8-22)15(11-24)12-4-2-1-3-5-12;;/h1-7,9,13,15H,8,10-11,22H2;2*1H/t13-,15+;;/m1../s1. The van der Waals surface area contributed by atoms with Gasteiger partial charge < -0.3 is 10.6 Å². The van der Waals surface area contributed by atoms with Crippen molar-refractivity contribution in [2.75, 3.05) is 19.6 Å². The second-order valence-corrected chi connectivity index (χ2v) is 6.15. The Morgan fingerprint density at radius 2 is 1.78 bits per heavy atom. The summed E-state index contributed by atoms with van der Waals surface area (Å²) in [7, 11) is 0. The fourth-order valence-electron chi connectivity index (χ4n) is 3.20. The van der Waals surface area contributed by atoms with Crippen LogP contribution in [0, 0.1) is 5.92 Å². The number of hydrogen-bond acceptors (Lipinski definition) is 3. The van der Waals surface area contributed by atoms with Gasteiger partial charge in [-0.1, -0.05) is 30.3 Å². The number of likely N-dealkylation sites (tertiary alicyclic amines) is 1. The van der Waals surface area contributed by atoms with Gasteiger partial charge in [-0.15, -0.1) is 24.8 Å². The number of rotatable bonds is 3. The Morgan fingerprint density at radius 3 is 2.30 bits per heavy atom. The summed E-state index contributed by atoms with van der Waals surface area (Å²) >= 11 is 0. The van der Waals surface area contributed by atoms with E-state index in [9.17, 15) is 18.0 Å². The lowest BCUT2D eigenvalue weighted by Crippen LogP contribution is -2.30. The second kappa shape index (κ2) is 9.39. The molecule has 2 N–H and O–H groups in total. The van der Waals surface area contributed by atoms with Crippen LogP contribution in [0.4, 0.5) is 13.2 Å². The number of pyridine rings is 1. The number of nitrogens with two attached hydrogens (primary N) is 1. The van der Waals surface area contributed by atoms with Gasteiger partial charge in [0, 0.05) is 25.2 Å². The van der Waals surface area contributed by atoms with Crippen LogP contribution in [0.25, 0.3) is 0 Å². The van der Waals surface area contributed by atoms with Crippen molar-refractivity contribution >= 4 is 30.7 Å². The first-order valence-corrected chi connectivity index (χ1v) is 7.97. The number of amides is 1. The lowest BCUT2D eigenvalue weighted by atomic mass is 9.89. The molecule has 1 fully saturated rings. The maximum absolute atomic E-state index is 12.6. The van der Waals surface area contributed by atoms with Crippen molar-refractivity contribution in [2.24, 2.45) is 11.7 Å². The maximum Gasteiger partial charge on any atom is 0.417 e. The van der Waals surface area contributed by atoms with Gasteiger partial charge in [0.05, 0.1) is 5.56 Å². The van der Waals surface area contributed by atoms with Gasteiger partial charge in [0.2, 0.25) is 0 Å². The van der Waals surface area contributed by atoms with Gasteiger partial charge in [-0.05, 0) is 30.2 Å². The molecule has 1 amide bonds. The molecule has 2 heterocycles. The molecule has 0 unspecified atom stereocenters. The van der Waals surface area contributed by atoms with Gasteiger partial charge >= 0.3 is 6.18 Å². The highest BCUT2D eigenvalue weighted by Gasteiger charge is 2.36. The van der Waals surface area contributed by atoms with E-state index in [-0.39, 0.29) is 48.3 Å². The summed E-state index contributed by atoms with van der Waals surface area (Å²) in [6.45, 7) is 1.38. The molecule has 0 bridgehead atoms. The predicted molar refractivity (Wildman–Crippen MR) is 101 cm³/mol. The Balaban J connectivity index is 0.00000182. The number of alkyl halides is 3. The van der Waals surface area contributed by atoms with E-state index < -0.39 is 11.7 Å². The molecule has 3 rings (SSSR count). The van der Waals surface area contributed by atoms with E-state index in [0.717, 1.165) is 17.7 Å². The Bertz CT molecular complexity index is 742. The van der Waals surface area contributed by atoms with Gasteiger partial charge in [-0.2, -0.15) is 13.2 Å². The number of halogens is 5. The van der Waals surface area contributed by atoms with E-state index in [0.29, 0.717) is 25.8 Å². The lowest BCUT2D eigenvalue weighted by Gasteiger charge is -2.16. The summed E-state index contributed by atoms with van der Waals surface area (Å²) in [5.74, 6) is -0.143. The molecule has 0 saturated carbocycles. The van der Waals surface area contributed by atoms with Crippen LogP contribution in [0.2, 0.25) is 0 Å². The molecule has 1 aliphatic rings. The molecule has 1 saturated heterocycles. The van der Waals surface area contributed by atoms with E-state index >= 15 is 0 Å². The highest BCUT2D eigenvalue weighted by molar-refractivity contribution is 5.92. The van der Waals surface area contributed by atoms with Crippen LogP contribution < -0.4 is 5.73 Å². The van der Waals surface area contributed by atoms with Crippen LogP contribution in [-0.2, 0) is 6.18 Å². The van der Waals surface area contributed by atoms with Gasteiger partial charge in [-0.3, -0.25) is 9.78 Å². The molecule has 0 radical (unpaired) electrons. The van der Waals surface area contributed by atoms with Gasteiger partial charge in [0.1, 0.15) is 5.69 Å². The molecule has 2 aromatic rings. The molecule has 0 spiro atoms. The summed E-state index contributed by atoms with van der Waals surface area (Å²) in [6, 6.07) is 11.8. The summed E-state index contributed by atoms with van der Waals surface area (Å²) in [5, 5.41) is 0. The smallest absolute Gasteiger partial charge is 0.336 e. The average molecular weight is 422 g/mol. The molecular weight excluding hydrogens is 402 g/mol. The zero-order valence-electron chi connectivity index (χ0n) is 14.2. The highest BCUT2D eigenvalue weighted by Crippen LogP contribution is 2.33. The molecule has 27 heavy (non-hydrogen) atoms. The van der Waals surface area contributed by atoms with Crippen LogP contribution in [0.1, 0.15) is 27.5 Å². The van der Waals surface area contributed by atoms with Gasteiger partial charge in [-0.25, -0.2) is 0 Å². The lowest BCUT2D eigenvalue weighted by molar-refractivity contribution is -0.137. The van der Waals surface area contributed by atoms with Gasteiger partial charge in [0.15, 0.2) is 0 Å². The number of benzene rings is 1. The van der Waals surface area contributed by atoms with E-state index in [2.05, 4.69) is 4.98 Å². The number of carbonyl (C=O) groups is 1. The van der Waals surface area contributed by atoms with Crippen LogP contribution in [0.15, 0.2) is 48.7 Å². The molecule has 2 atom stereocenters. The monoisotopic (exact) mass is 421 g/mol. The van der Waals surface area contributed by atoms with Crippen molar-refractivity contribution in [1.29, 1.82) is 0 Å². The van der Waals surface area contributed by atoms with Crippen molar-refractivity contribution in [3.8, 4) is 0 Å². The second-order valence-electron chi connectivity index (χ2n) is 6.15. The van der Waals surface area contributed by atoms with Crippen LogP contribution >= 0.6 is 24.8 Å². The molecule has 1 aromatic carbocycles. The van der Waals surface area contributed by atoms with Crippen molar-refractivity contribution in [1.82, 2.24) is 9.88 Å². The number of nitrogens with zero attached hydrogens (tertiary/aromatic N) is 2. The minimum absolute atomic E-state index is 0. The average Bonchev–Trinajstić information content (AvgIpc) is 3.05. The highest BCUT2D eigenvalue weighted by atomic mass is 35.5. The predicted octanol–water partition coefficient (Wildman–Crippen LogP) is 3.76. The number of aromatic nitrogens is 1. The molecule has 1 aromatic heterocycles. The molecule has 1 aliphatic heterocycles. The topological polar surface area (TPSA) is 59.2 Å². The molecule has 148 valence electrons. The van der Waals surface area contributed by atoms with Crippen LogP contribution in [0.5, 0.6) is 0 Å². The van der Waals surface area contributed by atoms with Crippen LogP contribution in [-0.4, -0.2) is 35.4 Å². The zero-order valence-corrected chi connectivity index (χ0v) is 15.9. The third kappa shape index (κ3) is 5.12. The van der Waals surface area contributed by atoms with Crippen molar-refractivity contribution in [3.05, 3.63) is 65.5 Å². The number of hydrogen-bond donors (Lipinski definition) is 1. The first kappa shape index (κ1) is 23.2. The summed E-state index contributed by atoms with van der Waals surface area (Å²) in [6.07, 6.45) is -3.77. The van der Waals surface area contributed by atoms with E-state index in [1.54, 1.807) is 4.90 Å². The van der Waals surface area contributed by atoms with Gasteiger partial charge in [0.25, 0.3) is 5.91 Å². The van der Waals surface area contributed by atoms with Crippen LogP contribution in [0.3, 0.4) is 0 Å². The largest absolute Gasteiger partial charge is 0.417 e. The molecular formula is C18H20Cl2F3N3O. The Kier molecular flexibility index (Phi) is 8.07. The Labute approximate surface area is 167 Å².